The van der Waals surface area contributed by atoms with E-state index in [2.05, 4.69) is 10.2 Å². The molecule has 1 amide bonds. The lowest BCUT2D eigenvalue weighted by Crippen LogP contribution is -2.52. The van der Waals surface area contributed by atoms with Gasteiger partial charge in [-0.05, 0) is 69.9 Å². The lowest BCUT2D eigenvalue weighted by atomic mass is 9.91. The summed E-state index contributed by atoms with van der Waals surface area (Å²) >= 11 is 6.05. The van der Waals surface area contributed by atoms with Gasteiger partial charge in [-0.1, -0.05) is 35.9 Å². The minimum absolute atomic E-state index is 0.123. The van der Waals surface area contributed by atoms with Crippen molar-refractivity contribution >= 4 is 23.7 Å². The van der Waals surface area contributed by atoms with Gasteiger partial charge in [-0.15, -0.1) is 0 Å². The molecule has 208 valence electrons. The maximum absolute atomic E-state index is 14.3. The Bertz CT molecular complexity index is 1080. The number of benzene rings is 2. The van der Waals surface area contributed by atoms with Crippen molar-refractivity contribution in [1.82, 2.24) is 10.2 Å². The van der Waals surface area contributed by atoms with Crippen molar-refractivity contribution < 1.29 is 28.6 Å². The molecule has 2 unspecified atom stereocenters. The summed E-state index contributed by atoms with van der Waals surface area (Å²) in [5.74, 6) is -0.924. The molecule has 38 heavy (non-hydrogen) atoms. The molecular weight excluding hydrogens is 511 g/mol. The van der Waals surface area contributed by atoms with E-state index in [4.69, 9.17) is 21.1 Å². The molecule has 2 atom stereocenters. The number of hydrogen-bond donors (Lipinski definition) is 2. The molecule has 0 radical (unpaired) electrons. The monoisotopic (exact) mass is 548 g/mol. The molecule has 2 aromatic carbocycles. The molecule has 9 heteroatoms. The largest absolute Gasteiger partial charge is 0.466 e. The molecule has 0 aliphatic carbocycles. The van der Waals surface area contributed by atoms with Crippen LogP contribution in [0.2, 0.25) is 5.02 Å². The molecule has 3 rings (SSSR count). The van der Waals surface area contributed by atoms with Crippen LogP contribution in [0.4, 0.5) is 9.18 Å². The van der Waals surface area contributed by atoms with E-state index in [0.29, 0.717) is 35.5 Å². The molecule has 2 N–H and O–H groups in total. The lowest BCUT2D eigenvalue weighted by molar-refractivity contribution is -0.150. The number of esters is 1. The summed E-state index contributed by atoms with van der Waals surface area (Å²) in [7, 11) is 0. The predicted octanol–water partition coefficient (Wildman–Crippen LogP) is 5.08. The fraction of sp³-hybridized carbons (Fsp3) is 0.517. The van der Waals surface area contributed by atoms with Crippen molar-refractivity contribution in [2.24, 2.45) is 11.8 Å². The highest BCUT2D eigenvalue weighted by atomic mass is 35.5. The average Bonchev–Trinajstić information content (AvgIpc) is 2.81. The van der Waals surface area contributed by atoms with E-state index < -0.39 is 23.7 Å². The highest BCUT2D eigenvalue weighted by Crippen LogP contribution is 2.27. The van der Waals surface area contributed by atoms with Gasteiger partial charge in [-0.2, -0.15) is 0 Å². The van der Waals surface area contributed by atoms with Gasteiger partial charge in [-0.3, -0.25) is 4.79 Å². The van der Waals surface area contributed by atoms with Gasteiger partial charge in [0.2, 0.25) is 0 Å². The number of ether oxygens (including phenoxy) is 2. The molecular formula is C29H38ClFN2O5. The third kappa shape index (κ3) is 8.96. The SMILES string of the molecule is CCOC(=O)C(CC(Cc1ccc(-c2cc(Cl)ccc2F)cc1)NC(=O)OC(C)(C)C)CN1CC(CO)C1. The third-order valence-electron chi connectivity index (χ3n) is 6.35. The Morgan fingerprint density at radius 1 is 1.18 bits per heavy atom. The van der Waals surface area contributed by atoms with E-state index in [1.807, 2.05) is 24.3 Å². The first-order chi connectivity index (χ1) is 18.0. The van der Waals surface area contributed by atoms with Crippen LogP contribution in [-0.2, 0) is 20.7 Å². The Morgan fingerprint density at radius 2 is 1.87 bits per heavy atom. The average molecular weight is 549 g/mol. The van der Waals surface area contributed by atoms with E-state index in [-0.39, 0.29) is 30.9 Å². The van der Waals surface area contributed by atoms with Crippen LogP contribution in [0, 0.1) is 17.7 Å². The Balaban J connectivity index is 1.78. The summed E-state index contributed by atoms with van der Waals surface area (Å²) in [6.45, 7) is 9.44. The standard InChI is InChI=1S/C29H38ClFN2O5/c1-5-37-27(35)22(17-33-15-20(16-33)18-34)13-24(32-28(36)38-29(2,3)4)12-19-6-8-21(9-7-19)25-14-23(30)10-11-26(25)31/h6-11,14,20,22,24,34H,5,12-13,15-18H2,1-4H3,(H,32,36). The van der Waals surface area contributed by atoms with Crippen molar-refractivity contribution in [1.29, 1.82) is 0 Å². The normalized spacial score (nSPS) is 15.9. The zero-order valence-corrected chi connectivity index (χ0v) is 23.3. The summed E-state index contributed by atoms with van der Waals surface area (Å²) in [5.41, 5.74) is 1.33. The van der Waals surface area contributed by atoms with E-state index in [0.717, 1.165) is 18.7 Å². The molecule has 7 nitrogen and oxygen atoms in total. The smallest absolute Gasteiger partial charge is 0.407 e. The first-order valence-electron chi connectivity index (χ1n) is 13.0. The fourth-order valence-corrected chi connectivity index (χ4v) is 4.77. The molecule has 1 saturated heterocycles. The van der Waals surface area contributed by atoms with Crippen molar-refractivity contribution in [2.75, 3.05) is 32.8 Å². The van der Waals surface area contributed by atoms with E-state index in [1.165, 1.54) is 12.1 Å². The first kappa shape index (κ1) is 29.9. The van der Waals surface area contributed by atoms with E-state index in [1.54, 1.807) is 33.8 Å². The molecule has 0 saturated carbocycles. The van der Waals surface area contributed by atoms with Gasteiger partial charge in [0.15, 0.2) is 0 Å². The van der Waals surface area contributed by atoms with Crippen LogP contribution in [0.15, 0.2) is 42.5 Å². The van der Waals surface area contributed by atoms with Gasteiger partial charge < -0.3 is 24.8 Å². The molecule has 1 heterocycles. The molecule has 2 aromatic rings. The van der Waals surface area contributed by atoms with Crippen LogP contribution in [0.1, 0.15) is 39.7 Å². The summed E-state index contributed by atoms with van der Waals surface area (Å²) in [6.07, 6.45) is 0.225. The molecule has 0 spiro atoms. The van der Waals surface area contributed by atoms with Crippen molar-refractivity contribution in [3.05, 3.63) is 58.9 Å². The Hall–Kier alpha value is -2.68. The number of nitrogens with zero attached hydrogens (tertiary/aromatic N) is 1. The maximum atomic E-state index is 14.3. The number of aliphatic hydroxyl groups excluding tert-OH is 1. The molecule has 1 fully saturated rings. The zero-order chi connectivity index (χ0) is 27.9. The highest BCUT2D eigenvalue weighted by Gasteiger charge is 2.33. The number of carbonyl (C=O) groups excluding carboxylic acids is 2. The van der Waals surface area contributed by atoms with E-state index >= 15 is 0 Å². The Morgan fingerprint density at radius 3 is 2.47 bits per heavy atom. The van der Waals surface area contributed by atoms with Crippen LogP contribution in [-0.4, -0.2) is 66.6 Å². The number of halogens is 2. The Labute approximate surface area is 229 Å². The van der Waals surface area contributed by atoms with Gasteiger partial charge in [-0.25, -0.2) is 9.18 Å². The van der Waals surface area contributed by atoms with Gasteiger partial charge >= 0.3 is 12.1 Å². The van der Waals surface area contributed by atoms with Crippen LogP contribution in [0.5, 0.6) is 0 Å². The highest BCUT2D eigenvalue weighted by molar-refractivity contribution is 6.30. The van der Waals surface area contributed by atoms with Crippen LogP contribution in [0.25, 0.3) is 11.1 Å². The summed E-state index contributed by atoms with van der Waals surface area (Å²) in [5, 5.41) is 12.7. The minimum atomic E-state index is -0.672. The minimum Gasteiger partial charge on any atom is -0.466 e. The molecule has 0 aromatic heterocycles. The Kier molecular flexibility index (Phi) is 10.5. The van der Waals surface area contributed by atoms with E-state index in [9.17, 15) is 19.1 Å². The number of carbonyl (C=O) groups is 2. The number of alkyl carbamates (subject to hydrolysis) is 1. The number of rotatable bonds is 11. The number of likely N-dealkylation sites (tertiary alicyclic amines) is 1. The number of hydrogen-bond acceptors (Lipinski definition) is 6. The van der Waals surface area contributed by atoms with Gasteiger partial charge in [0, 0.05) is 48.8 Å². The second-order valence-corrected chi connectivity index (χ2v) is 11.3. The van der Waals surface area contributed by atoms with Crippen molar-refractivity contribution in [2.45, 2.75) is 52.2 Å². The summed E-state index contributed by atoms with van der Waals surface area (Å²) in [6, 6.07) is 11.4. The van der Waals surface area contributed by atoms with Gasteiger partial charge in [0.25, 0.3) is 0 Å². The number of aliphatic hydroxyl groups is 1. The van der Waals surface area contributed by atoms with Crippen molar-refractivity contribution in [3.63, 3.8) is 0 Å². The van der Waals surface area contributed by atoms with Crippen LogP contribution in [0.3, 0.4) is 0 Å². The molecule has 1 aliphatic rings. The zero-order valence-electron chi connectivity index (χ0n) is 22.5. The fourth-order valence-electron chi connectivity index (χ4n) is 4.59. The number of nitrogens with one attached hydrogen (secondary N) is 1. The maximum Gasteiger partial charge on any atom is 0.407 e. The lowest BCUT2D eigenvalue weighted by Gasteiger charge is -2.40. The topological polar surface area (TPSA) is 88.1 Å². The van der Waals surface area contributed by atoms with Crippen molar-refractivity contribution in [3.8, 4) is 11.1 Å². The quantitative estimate of drug-likeness (QED) is 0.381. The van der Waals surface area contributed by atoms with Gasteiger partial charge in [0.05, 0.1) is 12.5 Å². The second kappa shape index (κ2) is 13.4. The third-order valence-corrected chi connectivity index (χ3v) is 6.59. The first-order valence-corrected chi connectivity index (χ1v) is 13.4. The number of amides is 1. The summed E-state index contributed by atoms with van der Waals surface area (Å²) in [4.78, 5) is 27.6. The van der Waals surface area contributed by atoms with Crippen LogP contribution < -0.4 is 5.32 Å². The predicted molar refractivity (Wildman–Crippen MR) is 145 cm³/mol. The van der Waals surface area contributed by atoms with Gasteiger partial charge in [0.1, 0.15) is 11.4 Å². The second-order valence-electron chi connectivity index (χ2n) is 10.8. The molecule has 0 bridgehead atoms. The summed E-state index contributed by atoms with van der Waals surface area (Å²) < 4.78 is 25.2. The molecule has 1 aliphatic heterocycles. The van der Waals surface area contributed by atoms with Crippen LogP contribution >= 0.6 is 11.6 Å².